The third-order valence-corrected chi connectivity index (χ3v) is 4.40. The van der Waals surface area contributed by atoms with E-state index in [-0.39, 0.29) is 11.9 Å². The number of benzene rings is 2. The largest absolute Gasteiger partial charge is 0.368 e. The predicted molar refractivity (Wildman–Crippen MR) is 77.8 cm³/mol. The molecule has 2 aromatic carbocycles. The highest BCUT2D eigenvalue weighted by atomic mass is 32.2. The van der Waals surface area contributed by atoms with Crippen LogP contribution in [0.5, 0.6) is 0 Å². The van der Waals surface area contributed by atoms with E-state index in [1.165, 1.54) is 0 Å². The van der Waals surface area contributed by atoms with E-state index in [0.717, 1.165) is 21.2 Å². The van der Waals surface area contributed by atoms with Gasteiger partial charge in [0.15, 0.2) is 0 Å². The van der Waals surface area contributed by atoms with Gasteiger partial charge in [0, 0.05) is 9.79 Å². The molecule has 0 saturated heterocycles. The monoisotopic (exact) mass is 270 g/mol. The Morgan fingerprint density at radius 1 is 1.05 bits per heavy atom. The van der Waals surface area contributed by atoms with Crippen molar-refractivity contribution in [3.63, 3.8) is 0 Å². The number of para-hydroxylation sites is 2. The zero-order valence-electron chi connectivity index (χ0n) is 10.5. The summed E-state index contributed by atoms with van der Waals surface area (Å²) in [6, 6.07) is 15.8. The summed E-state index contributed by atoms with van der Waals surface area (Å²) in [6.45, 7) is 1.84. The van der Waals surface area contributed by atoms with Gasteiger partial charge in [0.25, 0.3) is 0 Å². The number of amides is 1. The second kappa shape index (κ2) is 4.63. The maximum atomic E-state index is 11.6. The maximum Gasteiger partial charge on any atom is 0.240 e. The first-order valence-electron chi connectivity index (χ1n) is 6.13. The molecule has 96 valence electrons. The molecule has 3 nitrogen and oxygen atoms in total. The lowest BCUT2D eigenvalue weighted by Crippen LogP contribution is -2.41. The second-order valence-corrected chi connectivity index (χ2v) is 5.57. The maximum absolute atomic E-state index is 11.6. The predicted octanol–water partition coefficient (Wildman–Crippen LogP) is 3.16. The van der Waals surface area contributed by atoms with E-state index in [1.54, 1.807) is 11.8 Å². The summed E-state index contributed by atoms with van der Waals surface area (Å²) in [4.78, 5) is 15.9. The third-order valence-electron chi connectivity index (χ3n) is 3.27. The summed E-state index contributed by atoms with van der Waals surface area (Å²) in [7, 11) is 0. The minimum Gasteiger partial charge on any atom is -0.368 e. The van der Waals surface area contributed by atoms with Crippen LogP contribution in [-0.4, -0.2) is 11.9 Å². The Labute approximate surface area is 116 Å². The summed E-state index contributed by atoms with van der Waals surface area (Å²) in [6.07, 6.45) is 0. The number of primary amides is 1. The molecule has 0 spiro atoms. The third kappa shape index (κ3) is 1.98. The van der Waals surface area contributed by atoms with Gasteiger partial charge in [0.2, 0.25) is 5.91 Å². The van der Waals surface area contributed by atoms with Gasteiger partial charge in [-0.25, -0.2) is 0 Å². The van der Waals surface area contributed by atoms with Crippen LogP contribution in [0.25, 0.3) is 0 Å². The van der Waals surface area contributed by atoms with E-state index in [0.29, 0.717) is 0 Å². The Kier molecular flexibility index (Phi) is 2.95. The van der Waals surface area contributed by atoms with Gasteiger partial charge in [0.1, 0.15) is 6.04 Å². The molecule has 3 rings (SSSR count). The molecular weight excluding hydrogens is 256 g/mol. The van der Waals surface area contributed by atoms with Crippen molar-refractivity contribution in [2.24, 2.45) is 5.73 Å². The molecule has 0 radical (unpaired) electrons. The zero-order valence-corrected chi connectivity index (χ0v) is 11.4. The molecule has 0 fully saturated rings. The molecular formula is C15H14N2OS. The minimum atomic E-state index is -0.372. The normalized spacial score (nSPS) is 14.5. The Morgan fingerprint density at radius 3 is 2.00 bits per heavy atom. The number of carbonyl (C=O) groups excluding carboxylic acids is 1. The lowest BCUT2D eigenvalue weighted by molar-refractivity contribution is -0.118. The van der Waals surface area contributed by atoms with Gasteiger partial charge in [-0.05, 0) is 31.2 Å². The highest BCUT2D eigenvalue weighted by Gasteiger charge is 2.28. The molecule has 19 heavy (non-hydrogen) atoms. The van der Waals surface area contributed by atoms with Crippen LogP contribution in [0.1, 0.15) is 6.92 Å². The van der Waals surface area contributed by atoms with Crippen LogP contribution >= 0.6 is 11.8 Å². The zero-order chi connectivity index (χ0) is 13.4. The van der Waals surface area contributed by atoms with Crippen LogP contribution < -0.4 is 10.6 Å². The molecule has 2 N–H and O–H groups in total. The van der Waals surface area contributed by atoms with Crippen LogP contribution in [0, 0.1) is 0 Å². The Hall–Kier alpha value is -1.94. The van der Waals surface area contributed by atoms with E-state index in [1.807, 2.05) is 48.2 Å². The van der Waals surface area contributed by atoms with Crippen molar-refractivity contribution in [3.8, 4) is 0 Å². The second-order valence-electron chi connectivity index (χ2n) is 4.49. The number of hydrogen-bond donors (Lipinski definition) is 1. The summed E-state index contributed by atoms with van der Waals surface area (Å²) in [5, 5.41) is 0. The highest BCUT2D eigenvalue weighted by molar-refractivity contribution is 7.99. The van der Waals surface area contributed by atoms with Crippen LogP contribution in [-0.2, 0) is 4.79 Å². The number of nitrogens with two attached hydrogens (primary N) is 1. The van der Waals surface area contributed by atoms with E-state index in [2.05, 4.69) is 12.1 Å². The van der Waals surface area contributed by atoms with E-state index >= 15 is 0 Å². The van der Waals surface area contributed by atoms with Crippen molar-refractivity contribution >= 4 is 29.0 Å². The summed E-state index contributed by atoms with van der Waals surface area (Å²) in [5.41, 5.74) is 7.57. The van der Waals surface area contributed by atoms with Crippen molar-refractivity contribution in [2.45, 2.75) is 22.8 Å². The fraction of sp³-hybridized carbons (Fsp3) is 0.133. The topological polar surface area (TPSA) is 46.3 Å². The molecule has 0 bridgehead atoms. The van der Waals surface area contributed by atoms with Crippen LogP contribution in [0.3, 0.4) is 0 Å². The highest BCUT2D eigenvalue weighted by Crippen LogP contribution is 2.48. The van der Waals surface area contributed by atoms with E-state index in [9.17, 15) is 4.79 Å². The molecule has 0 saturated carbocycles. The quantitative estimate of drug-likeness (QED) is 0.911. The van der Waals surface area contributed by atoms with Crippen LogP contribution in [0.15, 0.2) is 58.3 Å². The average Bonchev–Trinajstić information content (AvgIpc) is 2.43. The summed E-state index contributed by atoms with van der Waals surface area (Å²) in [5.74, 6) is -0.323. The van der Waals surface area contributed by atoms with Gasteiger partial charge >= 0.3 is 0 Å². The van der Waals surface area contributed by atoms with Crippen molar-refractivity contribution in [3.05, 3.63) is 48.5 Å². The van der Waals surface area contributed by atoms with Gasteiger partial charge < -0.3 is 10.6 Å². The number of carbonyl (C=O) groups is 1. The summed E-state index contributed by atoms with van der Waals surface area (Å²) >= 11 is 1.72. The van der Waals surface area contributed by atoms with E-state index < -0.39 is 0 Å². The summed E-state index contributed by atoms with van der Waals surface area (Å²) < 4.78 is 0. The molecule has 1 aliphatic rings. The van der Waals surface area contributed by atoms with Crippen molar-refractivity contribution in [1.29, 1.82) is 0 Å². The van der Waals surface area contributed by atoms with Crippen molar-refractivity contribution < 1.29 is 4.79 Å². The average molecular weight is 270 g/mol. The van der Waals surface area contributed by atoms with Gasteiger partial charge in [-0.15, -0.1) is 0 Å². The molecule has 0 aromatic heterocycles. The molecule has 1 aliphatic heterocycles. The molecule has 4 heteroatoms. The van der Waals surface area contributed by atoms with E-state index in [4.69, 9.17) is 5.73 Å². The van der Waals surface area contributed by atoms with Crippen LogP contribution in [0.4, 0.5) is 11.4 Å². The Bertz CT molecular complexity index is 596. The first-order valence-corrected chi connectivity index (χ1v) is 6.94. The molecule has 2 aromatic rings. The van der Waals surface area contributed by atoms with Gasteiger partial charge in [-0.1, -0.05) is 36.0 Å². The number of nitrogens with zero attached hydrogens (tertiary/aromatic N) is 1. The standard InChI is InChI=1S/C15H14N2OS/c1-10(15(16)18)17-11-6-2-4-8-13(11)19-14-9-5-3-7-12(14)17/h2-10H,1H3,(H2,16,18). The number of fused-ring (bicyclic) bond motifs is 2. The van der Waals surface area contributed by atoms with Gasteiger partial charge in [0.05, 0.1) is 11.4 Å². The lowest BCUT2D eigenvalue weighted by atomic mass is 10.1. The minimum absolute atomic E-state index is 0.323. The number of anilines is 2. The Morgan fingerprint density at radius 2 is 1.53 bits per heavy atom. The first kappa shape index (κ1) is 12.1. The molecule has 1 amide bonds. The molecule has 1 heterocycles. The van der Waals surface area contributed by atoms with Crippen molar-refractivity contribution in [2.75, 3.05) is 4.90 Å². The number of rotatable bonds is 2. The fourth-order valence-corrected chi connectivity index (χ4v) is 3.35. The molecule has 0 aliphatic carbocycles. The SMILES string of the molecule is CC(C(N)=O)N1c2ccccc2Sc2ccccc21. The lowest BCUT2D eigenvalue weighted by Gasteiger charge is -2.35. The molecule has 1 atom stereocenters. The van der Waals surface area contributed by atoms with Gasteiger partial charge in [-0.3, -0.25) is 4.79 Å². The van der Waals surface area contributed by atoms with Gasteiger partial charge in [-0.2, -0.15) is 0 Å². The fourth-order valence-electron chi connectivity index (χ4n) is 2.28. The van der Waals surface area contributed by atoms with Crippen LogP contribution in [0.2, 0.25) is 0 Å². The first-order chi connectivity index (χ1) is 9.18. The Balaban J connectivity index is 2.19. The molecule has 1 unspecified atom stereocenters. The van der Waals surface area contributed by atoms with Crippen molar-refractivity contribution in [1.82, 2.24) is 0 Å². The smallest absolute Gasteiger partial charge is 0.240 e. The number of hydrogen-bond acceptors (Lipinski definition) is 3.